The molecular weight excluding hydrogens is 615 g/mol. The van der Waals surface area contributed by atoms with E-state index in [4.69, 9.17) is 0 Å². The molecule has 7 aromatic rings. The van der Waals surface area contributed by atoms with Gasteiger partial charge in [-0.1, -0.05) is 154 Å². The second-order valence-corrected chi connectivity index (χ2v) is 15.7. The molecule has 0 aliphatic heterocycles. The van der Waals surface area contributed by atoms with E-state index < -0.39 is 0 Å². The molecule has 51 heavy (non-hydrogen) atoms. The lowest BCUT2D eigenvalue weighted by Crippen LogP contribution is -2.18. The minimum Gasteiger partial charge on any atom is -0.309 e. The van der Waals surface area contributed by atoms with Gasteiger partial charge in [-0.15, -0.1) is 0 Å². The molecule has 1 heteroatoms. The first-order chi connectivity index (χ1) is 25.1. The zero-order chi connectivity index (χ0) is 34.1. The Bertz CT molecular complexity index is 2420. The van der Waals surface area contributed by atoms with Crippen molar-refractivity contribution in [3.05, 3.63) is 174 Å². The molecule has 0 spiro atoms. The summed E-state index contributed by atoms with van der Waals surface area (Å²) in [5.74, 6) is 2.26. The highest BCUT2D eigenvalue weighted by Crippen LogP contribution is 2.59. The predicted octanol–water partition coefficient (Wildman–Crippen LogP) is 13.9. The Morgan fingerprint density at radius 1 is 0.549 bits per heavy atom. The molecule has 0 heterocycles. The number of hydrogen-bond donors (Lipinski definition) is 0. The number of anilines is 3. The van der Waals surface area contributed by atoms with Gasteiger partial charge in [0.1, 0.15) is 0 Å². The maximum atomic E-state index is 2.65. The molecule has 248 valence electrons. The standard InChI is InChI=1S/C50H43N/c1-50(2)45-22-12-10-21-43(45)48-46(50)32-36-16-6-7-19-41(36)49(48)51(47-23-13-11-20-42(47)44-31-33-24-25-37(44)30-33)38-28-26-35(27-29-38)40-18-9-8-17-39(40)34-14-4-3-5-15-34/h3-23,26-29,32-33,37,44H,24-25,30-31H2,1-2H3. The Morgan fingerprint density at radius 2 is 1.20 bits per heavy atom. The van der Waals surface area contributed by atoms with Crippen LogP contribution in [-0.2, 0) is 5.41 Å². The van der Waals surface area contributed by atoms with Crippen LogP contribution in [-0.4, -0.2) is 0 Å². The molecule has 2 saturated carbocycles. The summed E-state index contributed by atoms with van der Waals surface area (Å²) in [4.78, 5) is 2.65. The normalized spacial score (nSPS) is 19.6. The molecule has 3 aliphatic rings. The van der Waals surface area contributed by atoms with Gasteiger partial charge in [-0.3, -0.25) is 0 Å². The third-order valence-corrected chi connectivity index (χ3v) is 12.6. The molecule has 2 bridgehead atoms. The highest BCUT2D eigenvalue weighted by Gasteiger charge is 2.43. The monoisotopic (exact) mass is 657 g/mol. The van der Waals surface area contributed by atoms with Crippen LogP contribution in [0.2, 0.25) is 0 Å². The fraction of sp³-hybridized carbons (Fsp3) is 0.200. The Morgan fingerprint density at radius 3 is 1.94 bits per heavy atom. The molecule has 1 nitrogen and oxygen atoms in total. The maximum absolute atomic E-state index is 2.65. The van der Waals surface area contributed by atoms with Crippen molar-refractivity contribution in [1.29, 1.82) is 0 Å². The summed E-state index contributed by atoms with van der Waals surface area (Å²) in [5.41, 5.74) is 15.8. The number of hydrogen-bond acceptors (Lipinski definition) is 1. The van der Waals surface area contributed by atoms with Gasteiger partial charge < -0.3 is 4.90 Å². The highest BCUT2D eigenvalue weighted by molar-refractivity contribution is 6.10. The Labute approximate surface area is 302 Å². The van der Waals surface area contributed by atoms with Gasteiger partial charge >= 0.3 is 0 Å². The summed E-state index contributed by atoms with van der Waals surface area (Å²) in [6.07, 6.45) is 5.47. The molecule has 10 rings (SSSR count). The summed E-state index contributed by atoms with van der Waals surface area (Å²) in [6, 6.07) is 59.0. The molecule has 0 saturated heterocycles. The van der Waals surface area contributed by atoms with Crippen LogP contribution < -0.4 is 4.90 Å². The van der Waals surface area contributed by atoms with Gasteiger partial charge in [0.15, 0.2) is 0 Å². The summed E-state index contributed by atoms with van der Waals surface area (Å²) in [7, 11) is 0. The van der Waals surface area contributed by atoms with Crippen LogP contribution in [0.3, 0.4) is 0 Å². The van der Waals surface area contributed by atoms with E-state index in [0.29, 0.717) is 5.92 Å². The lowest BCUT2D eigenvalue weighted by atomic mass is 9.81. The van der Waals surface area contributed by atoms with Gasteiger partial charge in [0.2, 0.25) is 0 Å². The van der Waals surface area contributed by atoms with Gasteiger partial charge in [0.25, 0.3) is 0 Å². The first-order valence-electron chi connectivity index (χ1n) is 18.9. The van der Waals surface area contributed by atoms with Crippen LogP contribution in [0.5, 0.6) is 0 Å². The molecule has 0 amide bonds. The predicted molar refractivity (Wildman–Crippen MR) is 215 cm³/mol. The van der Waals surface area contributed by atoms with Crippen molar-refractivity contribution in [1.82, 2.24) is 0 Å². The van der Waals surface area contributed by atoms with Gasteiger partial charge in [0.05, 0.1) is 5.69 Å². The summed E-state index contributed by atoms with van der Waals surface area (Å²) in [5, 5.41) is 2.59. The van der Waals surface area contributed by atoms with Crippen molar-refractivity contribution < 1.29 is 0 Å². The fourth-order valence-electron chi connectivity index (χ4n) is 10.1. The molecule has 3 atom stereocenters. The largest absolute Gasteiger partial charge is 0.309 e. The van der Waals surface area contributed by atoms with E-state index in [2.05, 4.69) is 176 Å². The number of para-hydroxylation sites is 1. The van der Waals surface area contributed by atoms with Crippen molar-refractivity contribution >= 4 is 27.8 Å². The first-order valence-corrected chi connectivity index (χ1v) is 18.9. The van der Waals surface area contributed by atoms with E-state index >= 15 is 0 Å². The average molecular weight is 658 g/mol. The van der Waals surface area contributed by atoms with Crippen LogP contribution in [0.25, 0.3) is 44.2 Å². The van der Waals surface area contributed by atoms with Crippen molar-refractivity contribution in [2.24, 2.45) is 11.8 Å². The second-order valence-electron chi connectivity index (χ2n) is 15.7. The van der Waals surface area contributed by atoms with Gasteiger partial charge in [0, 0.05) is 27.7 Å². The Hall–Kier alpha value is -5.40. The summed E-state index contributed by atoms with van der Waals surface area (Å²) in [6.45, 7) is 4.81. The molecular formula is C50H43N. The quantitative estimate of drug-likeness (QED) is 0.172. The molecule has 0 radical (unpaired) electrons. The van der Waals surface area contributed by atoms with Gasteiger partial charge in [-0.25, -0.2) is 0 Å². The third kappa shape index (κ3) is 4.82. The molecule has 3 unspecified atom stereocenters. The SMILES string of the molecule is CC1(C)c2ccccc2-c2c1cc1ccccc1c2N(c1ccc(-c2ccccc2-c2ccccc2)cc1)c1ccccc1C1CC2CCC1C2. The fourth-order valence-corrected chi connectivity index (χ4v) is 10.1. The lowest BCUT2D eigenvalue weighted by Gasteiger charge is -2.34. The number of fused-ring (bicyclic) bond motifs is 6. The minimum absolute atomic E-state index is 0.106. The second kappa shape index (κ2) is 11.8. The Balaban J connectivity index is 1.23. The van der Waals surface area contributed by atoms with Crippen LogP contribution >= 0.6 is 0 Å². The van der Waals surface area contributed by atoms with Crippen molar-refractivity contribution in [3.63, 3.8) is 0 Å². The number of benzene rings is 7. The van der Waals surface area contributed by atoms with Crippen LogP contribution in [0.4, 0.5) is 17.1 Å². The number of rotatable bonds is 6. The van der Waals surface area contributed by atoms with E-state index in [0.717, 1.165) is 11.8 Å². The van der Waals surface area contributed by atoms with E-state index in [1.54, 1.807) is 0 Å². The zero-order valence-corrected chi connectivity index (χ0v) is 29.5. The van der Waals surface area contributed by atoms with Crippen molar-refractivity contribution in [2.75, 3.05) is 4.90 Å². The summed E-state index contributed by atoms with van der Waals surface area (Å²) >= 11 is 0. The molecule has 3 aliphatic carbocycles. The maximum Gasteiger partial charge on any atom is 0.0621 e. The zero-order valence-electron chi connectivity index (χ0n) is 29.5. The third-order valence-electron chi connectivity index (χ3n) is 12.6. The van der Waals surface area contributed by atoms with Crippen molar-refractivity contribution in [2.45, 2.75) is 50.9 Å². The van der Waals surface area contributed by atoms with E-state index in [1.165, 1.54) is 104 Å². The van der Waals surface area contributed by atoms with Crippen LogP contribution in [0.15, 0.2) is 158 Å². The molecule has 7 aromatic carbocycles. The first kappa shape index (κ1) is 30.4. The summed E-state index contributed by atoms with van der Waals surface area (Å²) < 4.78 is 0. The Kier molecular flexibility index (Phi) is 7.07. The highest BCUT2D eigenvalue weighted by atomic mass is 15.2. The van der Waals surface area contributed by atoms with Crippen LogP contribution in [0, 0.1) is 11.8 Å². The van der Waals surface area contributed by atoms with Crippen LogP contribution in [0.1, 0.15) is 62.1 Å². The molecule has 2 fully saturated rings. The van der Waals surface area contributed by atoms with E-state index in [9.17, 15) is 0 Å². The molecule has 0 N–H and O–H groups in total. The van der Waals surface area contributed by atoms with Crippen molar-refractivity contribution in [3.8, 4) is 33.4 Å². The lowest BCUT2D eigenvalue weighted by molar-refractivity contribution is 0.420. The van der Waals surface area contributed by atoms with Gasteiger partial charge in [-0.05, 0) is 111 Å². The smallest absolute Gasteiger partial charge is 0.0621 e. The van der Waals surface area contributed by atoms with E-state index in [-0.39, 0.29) is 5.41 Å². The van der Waals surface area contributed by atoms with Gasteiger partial charge in [-0.2, -0.15) is 0 Å². The average Bonchev–Trinajstić information content (AvgIpc) is 3.88. The molecule has 0 aromatic heterocycles. The number of nitrogens with zero attached hydrogens (tertiary/aromatic N) is 1. The minimum atomic E-state index is -0.106. The van der Waals surface area contributed by atoms with E-state index in [1.807, 2.05) is 0 Å². The topological polar surface area (TPSA) is 3.24 Å².